The highest BCUT2D eigenvalue weighted by Crippen LogP contribution is 2.47. The molecule has 1 heterocycles. The average molecular weight is 512 g/mol. The number of hydrogen-bond acceptors (Lipinski definition) is 4. The van der Waals surface area contributed by atoms with Crippen LogP contribution in [0.4, 0.5) is 0 Å². The fourth-order valence-corrected chi connectivity index (χ4v) is 7.60. The zero-order valence-electron chi connectivity index (χ0n) is 23.1. The second kappa shape index (κ2) is 10.1. The van der Waals surface area contributed by atoms with Crippen LogP contribution in [-0.4, -0.2) is 30.3 Å². The fraction of sp³-hybridized carbons (Fsp3) is 0.667. The van der Waals surface area contributed by atoms with E-state index in [0.29, 0.717) is 17.4 Å². The van der Waals surface area contributed by atoms with E-state index in [1.165, 1.54) is 0 Å². The highest BCUT2D eigenvalue weighted by Gasteiger charge is 2.43. The van der Waals surface area contributed by atoms with Crippen molar-refractivity contribution < 1.29 is 14.3 Å². The summed E-state index contributed by atoms with van der Waals surface area (Å²) in [4.78, 5) is 29.5. The molecule has 1 saturated carbocycles. The summed E-state index contributed by atoms with van der Waals surface area (Å²) < 4.78 is 6.56. The lowest BCUT2D eigenvalue weighted by atomic mass is 9.61. The quantitative estimate of drug-likeness (QED) is 0.254. The van der Waals surface area contributed by atoms with Gasteiger partial charge in [0, 0.05) is 23.6 Å². The number of H-pyrrole nitrogens is 1. The number of rotatable bonds is 5. The van der Waals surface area contributed by atoms with Crippen LogP contribution in [0.1, 0.15) is 88.6 Å². The molecule has 198 valence electrons. The molecule has 0 spiro atoms. The van der Waals surface area contributed by atoms with Gasteiger partial charge in [-0.15, -0.1) is 0 Å². The number of fused-ring (bicyclic) bond motifs is 1. The molecular weight excluding hydrogens is 466 g/mol. The molecule has 0 amide bonds. The van der Waals surface area contributed by atoms with Gasteiger partial charge in [0.15, 0.2) is 14.1 Å². The second-order valence-corrected chi connectivity index (χ2v) is 17.9. The lowest BCUT2D eigenvalue weighted by molar-refractivity contribution is 0.0687. The van der Waals surface area contributed by atoms with Crippen LogP contribution in [0, 0.1) is 29.6 Å². The summed E-state index contributed by atoms with van der Waals surface area (Å²) in [5.74, 6) is 0.667. The van der Waals surface area contributed by atoms with Crippen molar-refractivity contribution in [2.75, 3.05) is 0 Å². The molecule has 1 aromatic rings. The number of allylic oxidation sites excluding steroid dienone is 3. The zero-order chi connectivity index (χ0) is 26.4. The molecule has 36 heavy (non-hydrogen) atoms. The van der Waals surface area contributed by atoms with Gasteiger partial charge in [0.2, 0.25) is 0 Å². The Morgan fingerprint density at radius 1 is 1.06 bits per heavy atom. The van der Waals surface area contributed by atoms with Gasteiger partial charge in [-0.05, 0) is 67.5 Å². The third-order valence-corrected chi connectivity index (χ3v) is 14.0. The number of carbonyl (C=O) groups is 1. The predicted octanol–water partition coefficient (Wildman–Crippen LogP) is 6.96. The number of hydrogen-bond donors (Lipinski definition) is 2. The van der Waals surface area contributed by atoms with Crippen LogP contribution in [0.25, 0.3) is 0 Å². The van der Waals surface area contributed by atoms with Gasteiger partial charge in [-0.1, -0.05) is 65.3 Å². The summed E-state index contributed by atoms with van der Waals surface area (Å²) in [6, 6.07) is 0. The number of nitrogens with one attached hydrogen (secondary N) is 1. The van der Waals surface area contributed by atoms with Crippen LogP contribution < -0.4 is 5.56 Å². The van der Waals surface area contributed by atoms with E-state index >= 15 is 0 Å². The minimum Gasteiger partial charge on any atom is -0.507 e. The van der Waals surface area contributed by atoms with Gasteiger partial charge in [0.1, 0.15) is 11.3 Å². The maximum atomic E-state index is 13.9. The van der Waals surface area contributed by atoms with E-state index in [-0.39, 0.29) is 51.9 Å². The number of Topliss-reactive ketones (excluding diaryl/α,β-unsaturated/α-hetero) is 1. The average Bonchev–Trinajstić information content (AvgIpc) is 2.79. The summed E-state index contributed by atoms with van der Waals surface area (Å²) in [6.07, 6.45) is 15.1. The van der Waals surface area contributed by atoms with Crippen LogP contribution in [-0.2, 0) is 4.43 Å². The first-order valence-corrected chi connectivity index (χ1v) is 16.7. The Kier molecular flexibility index (Phi) is 7.60. The number of ketones is 1. The number of aromatic hydroxyl groups is 1. The molecule has 2 N–H and O–H groups in total. The molecule has 0 saturated heterocycles. The summed E-state index contributed by atoms with van der Waals surface area (Å²) >= 11 is 0. The van der Waals surface area contributed by atoms with E-state index in [1.54, 1.807) is 6.20 Å². The normalized spacial score (nSPS) is 32.8. The molecule has 0 unspecified atom stereocenters. The lowest BCUT2D eigenvalue weighted by Gasteiger charge is -2.42. The SMILES string of the molecule is C[C@H]1CC[C@@H]2[C@@H](C(=O)c3c(O)c([C@H]4C=C[C@H](O[Si](C)(C)C(C)(C)C)CC4)c[nH]c3=O)[C@@H](C)C=C[C@H]2C1. The highest BCUT2D eigenvalue weighted by molar-refractivity contribution is 6.74. The Morgan fingerprint density at radius 2 is 1.78 bits per heavy atom. The first-order valence-electron chi connectivity index (χ1n) is 13.8. The van der Waals surface area contributed by atoms with Crippen LogP contribution in [0.5, 0.6) is 5.75 Å². The first-order chi connectivity index (χ1) is 16.8. The molecular formula is C30H45NO4Si. The van der Waals surface area contributed by atoms with E-state index in [4.69, 9.17) is 4.43 Å². The molecule has 1 aromatic heterocycles. The molecule has 3 aliphatic carbocycles. The van der Waals surface area contributed by atoms with Crippen molar-refractivity contribution in [2.24, 2.45) is 29.6 Å². The zero-order valence-corrected chi connectivity index (χ0v) is 24.1. The number of aromatic nitrogens is 1. The van der Waals surface area contributed by atoms with Crippen molar-refractivity contribution >= 4 is 14.1 Å². The smallest absolute Gasteiger partial charge is 0.262 e. The second-order valence-electron chi connectivity index (χ2n) is 13.2. The van der Waals surface area contributed by atoms with Crippen molar-refractivity contribution in [1.82, 2.24) is 4.98 Å². The number of carbonyl (C=O) groups excluding carboxylic acids is 1. The predicted molar refractivity (Wildman–Crippen MR) is 148 cm³/mol. The monoisotopic (exact) mass is 511 g/mol. The summed E-state index contributed by atoms with van der Waals surface area (Å²) in [7, 11) is -1.88. The molecule has 4 rings (SSSR count). The minimum absolute atomic E-state index is 0.0509. The summed E-state index contributed by atoms with van der Waals surface area (Å²) in [5, 5.41) is 11.4. The van der Waals surface area contributed by atoms with Gasteiger partial charge in [-0.2, -0.15) is 0 Å². The Balaban J connectivity index is 1.58. The molecule has 0 aromatic carbocycles. The Labute approximate surface area is 217 Å². The van der Waals surface area contributed by atoms with Crippen molar-refractivity contribution in [3.8, 4) is 5.75 Å². The van der Waals surface area contributed by atoms with E-state index in [1.807, 2.05) is 0 Å². The van der Waals surface area contributed by atoms with E-state index in [0.717, 1.165) is 32.1 Å². The third kappa shape index (κ3) is 5.21. The molecule has 5 nitrogen and oxygen atoms in total. The van der Waals surface area contributed by atoms with Gasteiger partial charge in [0.25, 0.3) is 5.56 Å². The van der Waals surface area contributed by atoms with Crippen LogP contribution in [0.15, 0.2) is 35.3 Å². The molecule has 3 aliphatic rings. The van der Waals surface area contributed by atoms with Crippen molar-refractivity contribution in [3.63, 3.8) is 0 Å². The largest absolute Gasteiger partial charge is 0.507 e. The molecule has 0 aliphatic heterocycles. The van der Waals surface area contributed by atoms with Crippen LogP contribution in [0.2, 0.25) is 18.1 Å². The maximum absolute atomic E-state index is 13.9. The van der Waals surface area contributed by atoms with Crippen molar-refractivity contribution in [3.05, 3.63) is 52.0 Å². The van der Waals surface area contributed by atoms with E-state index < -0.39 is 13.9 Å². The van der Waals surface area contributed by atoms with Gasteiger partial charge >= 0.3 is 0 Å². The van der Waals surface area contributed by atoms with Gasteiger partial charge in [-0.25, -0.2) is 0 Å². The maximum Gasteiger partial charge on any atom is 0.262 e. The summed E-state index contributed by atoms with van der Waals surface area (Å²) in [5.41, 5.74) is 0.0977. The molecule has 0 radical (unpaired) electrons. The minimum atomic E-state index is -1.88. The van der Waals surface area contributed by atoms with Crippen molar-refractivity contribution in [2.45, 2.75) is 96.9 Å². The molecule has 6 heteroatoms. The fourth-order valence-electron chi connectivity index (χ4n) is 6.30. The topological polar surface area (TPSA) is 79.4 Å². The van der Waals surface area contributed by atoms with Crippen LogP contribution >= 0.6 is 0 Å². The lowest BCUT2D eigenvalue weighted by Crippen LogP contribution is -2.44. The number of pyridine rings is 1. The van der Waals surface area contributed by atoms with Gasteiger partial charge < -0.3 is 14.5 Å². The third-order valence-electron chi connectivity index (χ3n) is 9.52. The molecule has 7 atom stereocenters. The van der Waals surface area contributed by atoms with Crippen LogP contribution in [0.3, 0.4) is 0 Å². The Hall–Kier alpha value is -1.92. The van der Waals surface area contributed by atoms with E-state index in [9.17, 15) is 14.7 Å². The molecule has 1 fully saturated rings. The van der Waals surface area contributed by atoms with E-state index in [2.05, 4.69) is 77.0 Å². The number of aromatic amines is 1. The summed E-state index contributed by atoms with van der Waals surface area (Å²) in [6.45, 7) is 15.6. The van der Waals surface area contributed by atoms with Gasteiger partial charge in [0.05, 0.1) is 6.10 Å². The van der Waals surface area contributed by atoms with Gasteiger partial charge in [-0.3, -0.25) is 9.59 Å². The highest BCUT2D eigenvalue weighted by atomic mass is 28.4. The standard InChI is InChI=1S/C30H45NO4Si/c1-18-8-15-23-21(16-18)10-9-19(2)25(23)28(33)26-27(32)24(17-31-29(26)34)20-11-13-22(14-12-20)35-36(6,7)30(3,4)5/h9-11,13,17-23,25H,8,12,14-16H2,1-7H3,(H2,31,32,34)/t18-,19-,20-,21-,22-,23-,25-/m0/s1. The first kappa shape index (κ1) is 27.1. The Morgan fingerprint density at radius 3 is 2.42 bits per heavy atom. The Bertz CT molecular complexity index is 1100. The molecule has 0 bridgehead atoms. The van der Waals surface area contributed by atoms with Crippen molar-refractivity contribution in [1.29, 1.82) is 0 Å².